The second-order valence-electron chi connectivity index (χ2n) is 3.64. The zero-order chi connectivity index (χ0) is 14.5. The lowest BCUT2D eigenvalue weighted by atomic mass is 10.3. The van der Waals surface area contributed by atoms with Gasteiger partial charge in [-0.15, -0.1) is 0 Å². The van der Waals surface area contributed by atoms with Crippen molar-refractivity contribution in [3.8, 4) is 5.75 Å². The Hall–Kier alpha value is -1.68. The van der Waals surface area contributed by atoms with Crippen LogP contribution in [0.1, 0.15) is 6.42 Å². The molecule has 1 aromatic rings. The molecule has 0 radical (unpaired) electrons. The number of hydroxylamine groups is 1. The summed E-state index contributed by atoms with van der Waals surface area (Å²) in [6.45, 7) is 0. The minimum absolute atomic E-state index is 0.00634. The van der Waals surface area contributed by atoms with Crippen LogP contribution in [-0.2, 0) is 14.8 Å². The highest BCUT2D eigenvalue weighted by Crippen LogP contribution is 2.15. The lowest BCUT2D eigenvalue weighted by molar-refractivity contribution is -0.129. The van der Waals surface area contributed by atoms with Crippen molar-refractivity contribution in [2.45, 2.75) is 17.5 Å². The summed E-state index contributed by atoms with van der Waals surface area (Å²) in [5.41, 5.74) is 6.81. The number of carbonyl (C=O) groups excluding carboxylic acids is 1. The molecular formula is C10H15N3O5S. The molecule has 1 atom stereocenters. The van der Waals surface area contributed by atoms with E-state index < -0.39 is 22.1 Å². The molecule has 0 fully saturated rings. The molecule has 19 heavy (non-hydrogen) atoms. The van der Waals surface area contributed by atoms with E-state index in [-0.39, 0.29) is 11.3 Å². The van der Waals surface area contributed by atoms with Crippen molar-refractivity contribution < 1.29 is 23.2 Å². The molecule has 5 N–H and O–H groups in total. The van der Waals surface area contributed by atoms with Crippen LogP contribution < -0.4 is 20.7 Å². The third kappa shape index (κ3) is 4.48. The number of ether oxygens (including phenoxy) is 1. The van der Waals surface area contributed by atoms with E-state index in [1.165, 1.54) is 36.9 Å². The Bertz CT molecular complexity index is 529. The van der Waals surface area contributed by atoms with Crippen molar-refractivity contribution >= 4 is 15.9 Å². The molecule has 1 amide bonds. The molecule has 106 valence electrons. The highest BCUT2D eigenvalue weighted by atomic mass is 32.2. The Balaban J connectivity index is 2.77. The van der Waals surface area contributed by atoms with Crippen LogP contribution in [0.5, 0.6) is 5.75 Å². The average molecular weight is 289 g/mol. The van der Waals surface area contributed by atoms with E-state index in [2.05, 4.69) is 4.72 Å². The minimum atomic E-state index is -3.83. The van der Waals surface area contributed by atoms with Gasteiger partial charge in [-0.2, -0.15) is 4.72 Å². The predicted octanol–water partition coefficient (Wildman–Crippen LogP) is -0.846. The van der Waals surface area contributed by atoms with Crippen LogP contribution >= 0.6 is 0 Å². The normalized spacial score (nSPS) is 12.8. The third-order valence-corrected chi connectivity index (χ3v) is 3.71. The summed E-state index contributed by atoms with van der Waals surface area (Å²) in [6, 6.07) is 5.67. The van der Waals surface area contributed by atoms with Gasteiger partial charge in [0.2, 0.25) is 15.9 Å². The van der Waals surface area contributed by atoms with Crippen molar-refractivity contribution in [2.24, 2.45) is 5.73 Å². The second-order valence-corrected chi connectivity index (χ2v) is 5.36. The van der Waals surface area contributed by atoms with E-state index >= 15 is 0 Å². The van der Waals surface area contributed by atoms with Gasteiger partial charge < -0.3 is 10.5 Å². The fourth-order valence-electron chi connectivity index (χ4n) is 1.31. The topological polar surface area (TPSA) is 131 Å². The number of carbonyl (C=O) groups is 1. The number of nitrogens with two attached hydrogens (primary N) is 1. The summed E-state index contributed by atoms with van der Waals surface area (Å²) in [5, 5.41) is 8.31. The minimum Gasteiger partial charge on any atom is -0.497 e. The number of rotatable bonds is 6. The lowest BCUT2D eigenvalue weighted by Gasteiger charge is -2.13. The van der Waals surface area contributed by atoms with Crippen molar-refractivity contribution in [3.05, 3.63) is 24.3 Å². The van der Waals surface area contributed by atoms with Crippen LogP contribution in [0.2, 0.25) is 0 Å². The van der Waals surface area contributed by atoms with Gasteiger partial charge in [-0.3, -0.25) is 10.0 Å². The number of hydrogen-bond donors (Lipinski definition) is 4. The average Bonchev–Trinajstić information content (AvgIpc) is 2.37. The second kappa shape index (κ2) is 6.48. The van der Waals surface area contributed by atoms with Gasteiger partial charge in [-0.25, -0.2) is 13.9 Å². The summed E-state index contributed by atoms with van der Waals surface area (Å²) in [6.07, 6.45) is -1.52. The van der Waals surface area contributed by atoms with E-state index in [1.807, 2.05) is 0 Å². The molecule has 0 heterocycles. The first-order valence-electron chi connectivity index (χ1n) is 5.24. The molecule has 1 aromatic carbocycles. The molecule has 0 saturated heterocycles. The molecule has 0 bridgehead atoms. The molecule has 0 saturated carbocycles. The van der Waals surface area contributed by atoms with Crippen molar-refractivity contribution in [2.75, 3.05) is 7.11 Å². The fourth-order valence-corrected chi connectivity index (χ4v) is 2.42. The van der Waals surface area contributed by atoms with Crippen LogP contribution in [0, 0.1) is 0 Å². The van der Waals surface area contributed by atoms with E-state index in [9.17, 15) is 13.2 Å². The first-order chi connectivity index (χ1) is 8.89. The summed E-state index contributed by atoms with van der Waals surface area (Å²) >= 11 is 0. The zero-order valence-electron chi connectivity index (χ0n) is 10.2. The number of nitrogens with one attached hydrogen (secondary N) is 2. The lowest BCUT2D eigenvalue weighted by Crippen LogP contribution is -2.44. The molecule has 0 aliphatic heterocycles. The van der Waals surface area contributed by atoms with Gasteiger partial charge >= 0.3 is 0 Å². The van der Waals surface area contributed by atoms with Crippen LogP contribution in [0.4, 0.5) is 0 Å². The number of methoxy groups -OCH3 is 1. The van der Waals surface area contributed by atoms with Gasteiger partial charge in [0.25, 0.3) is 0 Å². The number of sulfonamides is 1. The van der Waals surface area contributed by atoms with Gasteiger partial charge in [0.05, 0.1) is 24.6 Å². The summed E-state index contributed by atoms with van der Waals surface area (Å²) < 4.78 is 30.8. The zero-order valence-corrected chi connectivity index (χ0v) is 11.0. The predicted molar refractivity (Wildman–Crippen MR) is 65.8 cm³/mol. The highest BCUT2D eigenvalue weighted by molar-refractivity contribution is 7.89. The summed E-state index contributed by atoms with van der Waals surface area (Å²) in [7, 11) is -2.37. The molecule has 0 aromatic heterocycles. The van der Waals surface area contributed by atoms with Crippen LogP contribution in [-0.4, -0.2) is 32.8 Å². The Morgan fingerprint density at radius 1 is 1.42 bits per heavy atom. The molecule has 1 rings (SSSR count). The smallest absolute Gasteiger partial charge is 0.246 e. The standard InChI is InChI=1S/C10H15N3O5S/c1-18-7-2-4-8(5-3-7)19(16,17)13-9(11)6-10(14)12-15/h2-5,9,13,15H,6,11H2,1H3,(H,12,14). The first kappa shape index (κ1) is 15.4. The Morgan fingerprint density at radius 2 is 2.00 bits per heavy atom. The maximum atomic E-state index is 11.9. The van der Waals surface area contributed by atoms with E-state index in [1.54, 1.807) is 0 Å². The quantitative estimate of drug-likeness (QED) is 0.306. The highest BCUT2D eigenvalue weighted by Gasteiger charge is 2.19. The van der Waals surface area contributed by atoms with Crippen LogP contribution in [0.3, 0.4) is 0 Å². The summed E-state index contributed by atoms with van der Waals surface area (Å²) in [5.74, 6) is -0.271. The monoisotopic (exact) mass is 289 g/mol. The Kier molecular flexibility index (Phi) is 5.24. The van der Waals surface area contributed by atoms with Gasteiger partial charge in [-0.1, -0.05) is 0 Å². The summed E-state index contributed by atoms with van der Waals surface area (Å²) in [4.78, 5) is 10.8. The van der Waals surface area contributed by atoms with Gasteiger partial charge in [0.15, 0.2) is 0 Å². The van der Waals surface area contributed by atoms with E-state index in [0.29, 0.717) is 5.75 Å². The Labute approximate surface area is 110 Å². The number of hydrogen-bond acceptors (Lipinski definition) is 6. The molecule has 0 aliphatic rings. The molecule has 0 spiro atoms. The third-order valence-electron chi connectivity index (χ3n) is 2.21. The molecular weight excluding hydrogens is 274 g/mol. The van der Waals surface area contributed by atoms with E-state index in [0.717, 1.165) is 0 Å². The van der Waals surface area contributed by atoms with Crippen LogP contribution in [0.25, 0.3) is 0 Å². The van der Waals surface area contributed by atoms with Crippen molar-refractivity contribution in [1.82, 2.24) is 10.2 Å². The fraction of sp³-hybridized carbons (Fsp3) is 0.300. The van der Waals surface area contributed by atoms with E-state index in [4.69, 9.17) is 15.7 Å². The SMILES string of the molecule is COc1ccc(S(=O)(=O)NC(N)CC(=O)NO)cc1. The first-order valence-corrected chi connectivity index (χ1v) is 6.72. The van der Waals surface area contributed by atoms with Crippen molar-refractivity contribution in [1.29, 1.82) is 0 Å². The maximum Gasteiger partial charge on any atom is 0.246 e. The maximum absolute atomic E-state index is 11.9. The Morgan fingerprint density at radius 3 is 2.47 bits per heavy atom. The molecule has 9 heteroatoms. The van der Waals surface area contributed by atoms with Gasteiger partial charge in [0.1, 0.15) is 5.75 Å². The molecule has 8 nitrogen and oxygen atoms in total. The van der Waals surface area contributed by atoms with Gasteiger partial charge in [-0.05, 0) is 24.3 Å². The largest absolute Gasteiger partial charge is 0.497 e. The molecule has 1 unspecified atom stereocenters. The molecule has 0 aliphatic carbocycles. The van der Waals surface area contributed by atoms with Crippen LogP contribution in [0.15, 0.2) is 29.2 Å². The number of benzene rings is 1. The van der Waals surface area contributed by atoms with Crippen molar-refractivity contribution in [3.63, 3.8) is 0 Å². The van der Waals surface area contributed by atoms with Gasteiger partial charge in [0, 0.05) is 0 Å². The number of amides is 1.